The highest BCUT2D eigenvalue weighted by Crippen LogP contribution is 2.29. The Morgan fingerprint density at radius 1 is 1.00 bits per heavy atom. The number of aromatic nitrogens is 1. The monoisotopic (exact) mass is 324 g/mol. The number of nitrogens with zero attached hydrogens (tertiary/aromatic N) is 3. The first-order chi connectivity index (χ1) is 11.6. The Hall–Kier alpha value is -2.60. The van der Waals surface area contributed by atoms with E-state index in [1.165, 1.54) is 6.07 Å². The van der Waals surface area contributed by atoms with Gasteiger partial charge in [0, 0.05) is 42.8 Å². The van der Waals surface area contributed by atoms with Crippen LogP contribution in [0.3, 0.4) is 0 Å². The standard InChI is InChI=1S/C18H20N4O2/c19-15-4-3-11-21-16(15)12-22(18(21)24)14-8-6-13(7-9-14)20-10-2-1-5-17(20)23/h1-2,5-10,15-16H,3-4,11-12,19H2/t15-,16-/m1/s1. The summed E-state index contributed by atoms with van der Waals surface area (Å²) < 4.78 is 1.58. The molecule has 0 aliphatic carbocycles. The number of carbonyl (C=O) groups is 1. The topological polar surface area (TPSA) is 71.6 Å². The van der Waals surface area contributed by atoms with Gasteiger partial charge in [-0.2, -0.15) is 0 Å². The van der Waals surface area contributed by atoms with Crippen molar-refractivity contribution in [3.63, 3.8) is 0 Å². The normalized spacial score (nSPS) is 23.5. The minimum atomic E-state index is -0.0781. The van der Waals surface area contributed by atoms with Gasteiger partial charge in [0.2, 0.25) is 0 Å². The van der Waals surface area contributed by atoms with E-state index in [2.05, 4.69) is 0 Å². The van der Waals surface area contributed by atoms with Crippen LogP contribution in [0.25, 0.3) is 5.69 Å². The number of amides is 2. The number of carbonyl (C=O) groups excluding carboxylic acids is 1. The fourth-order valence-electron chi connectivity index (χ4n) is 3.63. The van der Waals surface area contributed by atoms with E-state index in [0.29, 0.717) is 6.54 Å². The Bertz CT molecular complexity index is 814. The molecule has 2 amide bonds. The van der Waals surface area contributed by atoms with Crippen LogP contribution in [0.2, 0.25) is 0 Å². The summed E-state index contributed by atoms with van der Waals surface area (Å²) in [5, 5.41) is 0. The molecule has 1 aromatic carbocycles. The van der Waals surface area contributed by atoms with Crippen molar-refractivity contribution >= 4 is 11.7 Å². The predicted octanol–water partition coefficient (Wildman–Crippen LogP) is 1.57. The zero-order valence-electron chi connectivity index (χ0n) is 13.3. The molecular formula is C18H20N4O2. The molecule has 0 spiro atoms. The molecule has 2 aromatic rings. The van der Waals surface area contributed by atoms with Gasteiger partial charge in [-0.05, 0) is 43.2 Å². The molecule has 0 saturated carbocycles. The first-order valence-electron chi connectivity index (χ1n) is 8.27. The van der Waals surface area contributed by atoms with Gasteiger partial charge < -0.3 is 10.6 Å². The molecule has 4 rings (SSSR count). The lowest BCUT2D eigenvalue weighted by atomic mass is 9.99. The van der Waals surface area contributed by atoms with Crippen molar-refractivity contribution in [2.45, 2.75) is 24.9 Å². The molecule has 24 heavy (non-hydrogen) atoms. The van der Waals surface area contributed by atoms with Crippen molar-refractivity contribution in [1.82, 2.24) is 9.47 Å². The second kappa shape index (κ2) is 5.79. The Morgan fingerprint density at radius 3 is 2.46 bits per heavy atom. The summed E-state index contributed by atoms with van der Waals surface area (Å²) in [5.74, 6) is 0. The number of fused-ring (bicyclic) bond motifs is 1. The third-order valence-corrected chi connectivity index (χ3v) is 4.94. The Labute approximate surface area is 140 Å². The highest BCUT2D eigenvalue weighted by atomic mass is 16.2. The average molecular weight is 324 g/mol. The van der Waals surface area contributed by atoms with Crippen LogP contribution < -0.4 is 16.2 Å². The fourth-order valence-corrected chi connectivity index (χ4v) is 3.63. The van der Waals surface area contributed by atoms with Crippen LogP contribution in [0.5, 0.6) is 0 Å². The average Bonchev–Trinajstić information content (AvgIpc) is 2.94. The third kappa shape index (κ3) is 2.39. The molecule has 2 aliphatic rings. The van der Waals surface area contributed by atoms with E-state index >= 15 is 0 Å². The summed E-state index contributed by atoms with van der Waals surface area (Å²) in [4.78, 5) is 28.2. The number of anilines is 1. The van der Waals surface area contributed by atoms with Gasteiger partial charge in [-0.3, -0.25) is 14.3 Å². The zero-order valence-corrected chi connectivity index (χ0v) is 13.3. The maximum atomic E-state index is 12.6. The molecule has 2 N–H and O–H groups in total. The molecule has 0 unspecified atom stereocenters. The van der Waals surface area contributed by atoms with Crippen molar-refractivity contribution < 1.29 is 4.79 Å². The molecule has 2 atom stereocenters. The van der Waals surface area contributed by atoms with E-state index in [0.717, 1.165) is 30.8 Å². The van der Waals surface area contributed by atoms with E-state index < -0.39 is 0 Å². The van der Waals surface area contributed by atoms with Crippen LogP contribution in [-0.2, 0) is 0 Å². The van der Waals surface area contributed by atoms with E-state index in [1.54, 1.807) is 21.7 Å². The first-order valence-corrected chi connectivity index (χ1v) is 8.27. The maximum Gasteiger partial charge on any atom is 0.324 e. The SMILES string of the molecule is N[C@@H]1CCCN2C(=O)N(c3ccc(-n4ccccc4=O)cc3)C[C@H]12. The van der Waals surface area contributed by atoms with Gasteiger partial charge in [0.05, 0.1) is 6.04 Å². The van der Waals surface area contributed by atoms with E-state index in [9.17, 15) is 9.59 Å². The Morgan fingerprint density at radius 2 is 1.75 bits per heavy atom. The summed E-state index contributed by atoms with van der Waals surface area (Å²) in [6.45, 7) is 1.41. The highest BCUT2D eigenvalue weighted by Gasteiger charge is 2.42. The van der Waals surface area contributed by atoms with Gasteiger partial charge in [-0.1, -0.05) is 6.07 Å². The van der Waals surface area contributed by atoms with Crippen LogP contribution in [-0.4, -0.2) is 40.7 Å². The molecule has 2 aliphatic heterocycles. The Kier molecular flexibility index (Phi) is 3.61. The zero-order chi connectivity index (χ0) is 16.7. The summed E-state index contributed by atoms with van der Waals surface area (Å²) in [7, 11) is 0. The van der Waals surface area contributed by atoms with Crippen molar-refractivity contribution in [2.24, 2.45) is 5.73 Å². The fraction of sp³-hybridized carbons (Fsp3) is 0.333. The van der Waals surface area contributed by atoms with Gasteiger partial charge in [0.1, 0.15) is 0 Å². The van der Waals surface area contributed by atoms with Crippen molar-refractivity contribution in [3.8, 4) is 5.69 Å². The van der Waals surface area contributed by atoms with Gasteiger partial charge in [-0.25, -0.2) is 4.79 Å². The molecule has 124 valence electrons. The smallest absolute Gasteiger partial charge is 0.324 e. The lowest BCUT2D eigenvalue weighted by Crippen LogP contribution is -2.50. The van der Waals surface area contributed by atoms with E-state index in [4.69, 9.17) is 5.73 Å². The minimum Gasteiger partial charge on any atom is -0.326 e. The highest BCUT2D eigenvalue weighted by molar-refractivity contribution is 5.95. The molecule has 2 fully saturated rings. The lowest BCUT2D eigenvalue weighted by molar-refractivity contribution is 0.175. The van der Waals surface area contributed by atoms with Gasteiger partial charge >= 0.3 is 6.03 Å². The number of nitrogens with two attached hydrogens (primary N) is 1. The van der Waals surface area contributed by atoms with Crippen LogP contribution in [0.15, 0.2) is 53.5 Å². The number of urea groups is 1. The number of hydrogen-bond acceptors (Lipinski definition) is 3. The van der Waals surface area contributed by atoms with Crippen LogP contribution in [0.1, 0.15) is 12.8 Å². The third-order valence-electron chi connectivity index (χ3n) is 4.94. The second-order valence-electron chi connectivity index (χ2n) is 6.39. The molecule has 6 nitrogen and oxygen atoms in total. The minimum absolute atomic E-state index is 0.0276. The largest absolute Gasteiger partial charge is 0.326 e. The summed E-state index contributed by atoms with van der Waals surface area (Å²) >= 11 is 0. The number of piperidine rings is 1. The van der Waals surface area contributed by atoms with Crippen LogP contribution in [0, 0.1) is 0 Å². The molecule has 2 saturated heterocycles. The molecule has 6 heteroatoms. The second-order valence-corrected chi connectivity index (χ2v) is 6.39. The number of hydrogen-bond donors (Lipinski definition) is 1. The first kappa shape index (κ1) is 15.0. The van der Waals surface area contributed by atoms with Crippen LogP contribution in [0.4, 0.5) is 10.5 Å². The predicted molar refractivity (Wildman–Crippen MR) is 92.5 cm³/mol. The van der Waals surface area contributed by atoms with Crippen molar-refractivity contribution in [1.29, 1.82) is 0 Å². The lowest BCUT2D eigenvalue weighted by Gasteiger charge is -2.32. The van der Waals surface area contributed by atoms with Gasteiger partial charge in [-0.15, -0.1) is 0 Å². The number of benzene rings is 1. The van der Waals surface area contributed by atoms with Crippen molar-refractivity contribution in [3.05, 3.63) is 59.0 Å². The Balaban J connectivity index is 1.61. The van der Waals surface area contributed by atoms with Gasteiger partial charge in [0.15, 0.2) is 0 Å². The van der Waals surface area contributed by atoms with E-state index in [-0.39, 0.29) is 23.7 Å². The maximum absolute atomic E-state index is 12.6. The molecular weight excluding hydrogens is 304 g/mol. The molecule has 0 bridgehead atoms. The molecule has 1 aromatic heterocycles. The molecule has 3 heterocycles. The number of pyridine rings is 1. The molecule has 0 radical (unpaired) electrons. The quantitative estimate of drug-likeness (QED) is 0.911. The van der Waals surface area contributed by atoms with E-state index in [1.807, 2.05) is 35.2 Å². The van der Waals surface area contributed by atoms with Crippen molar-refractivity contribution in [2.75, 3.05) is 18.0 Å². The summed E-state index contributed by atoms with van der Waals surface area (Å²) in [5.41, 5.74) is 7.73. The van der Waals surface area contributed by atoms with Crippen LogP contribution >= 0.6 is 0 Å². The summed E-state index contributed by atoms with van der Waals surface area (Å²) in [6, 6.07) is 12.7. The number of rotatable bonds is 2. The van der Waals surface area contributed by atoms with Gasteiger partial charge in [0.25, 0.3) is 5.56 Å². The summed E-state index contributed by atoms with van der Waals surface area (Å²) in [6.07, 6.45) is 3.67.